The molecule has 0 radical (unpaired) electrons. The fourth-order valence-electron chi connectivity index (χ4n) is 2.34. The Bertz CT molecular complexity index is 660. The number of amides is 1. The number of ether oxygens (including phenoxy) is 1. The van der Waals surface area contributed by atoms with Gasteiger partial charge in [0.25, 0.3) is 0 Å². The minimum Gasteiger partial charge on any atom is -0.465 e. The summed E-state index contributed by atoms with van der Waals surface area (Å²) in [5, 5.41) is 4.90. The summed E-state index contributed by atoms with van der Waals surface area (Å²) in [6, 6.07) is 1.60. The van der Waals surface area contributed by atoms with E-state index in [1.165, 1.54) is 29.0 Å². The molecule has 22 heavy (non-hydrogen) atoms. The van der Waals surface area contributed by atoms with Gasteiger partial charge in [-0.3, -0.25) is 4.79 Å². The highest BCUT2D eigenvalue weighted by Crippen LogP contribution is 2.26. The zero-order valence-electron chi connectivity index (χ0n) is 12.4. The van der Waals surface area contributed by atoms with Gasteiger partial charge in [-0.05, 0) is 24.3 Å². The Labute approximate surface area is 133 Å². The molecule has 1 aliphatic heterocycles. The topological polar surface area (TPSA) is 92.8 Å². The van der Waals surface area contributed by atoms with Crippen LogP contribution >= 0.6 is 11.3 Å². The van der Waals surface area contributed by atoms with Crippen molar-refractivity contribution in [2.75, 3.05) is 31.8 Å². The third-order valence-corrected chi connectivity index (χ3v) is 5.73. The third-order valence-electron chi connectivity index (χ3n) is 3.60. The largest absolute Gasteiger partial charge is 0.465 e. The molecular weight excluding hydrogens is 328 g/mol. The van der Waals surface area contributed by atoms with Gasteiger partial charge in [-0.15, -0.1) is 11.3 Å². The fourth-order valence-corrected chi connectivity index (χ4v) is 3.99. The van der Waals surface area contributed by atoms with Crippen molar-refractivity contribution in [2.45, 2.75) is 12.8 Å². The molecule has 9 heteroatoms. The highest BCUT2D eigenvalue weighted by atomic mass is 32.2. The summed E-state index contributed by atoms with van der Waals surface area (Å²) in [6.45, 7) is 0.677. The van der Waals surface area contributed by atoms with Gasteiger partial charge in [0.2, 0.25) is 15.9 Å². The molecule has 0 bridgehead atoms. The van der Waals surface area contributed by atoms with E-state index in [4.69, 9.17) is 0 Å². The second kappa shape index (κ2) is 6.76. The van der Waals surface area contributed by atoms with E-state index in [0.29, 0.717) is 36.5 Å². The molecule has 0 unspecified atom stereocenters. The van der Waals surface area contributed by atoms with Crippen LogP contribution in [0, 0.1) is 5.92 Å². The maximum absolute atomic E-state index is 12.3. The standard InChI is InChI=1S/C13H18N2O5S2/c1-20-13(17)10-5-8-21-12(10)14-11(16)9-3-6-15(7-4-9)22(2,18)19/h5,8-9H,3-4,6-7H2,1-2H3,(H,14,16). The van der Waals surface area contributed by atoms with Crippen LogP contribution < -0.4 is 5.32 Å². The van der Waals surface area contributed by atoms with Gasteiger partial charge < -0.3 is 10.1 Å². The lowest BCUT2D eigenvalue weighted by atomic mass is 9.97. The number of rotatable bonds is 4. The number of nitrogens with zero attached hydrogens (tertiary/aromatic N) is 1. The molecule has 1 saturated heterocycles. The zero-order chi connectivity index (χ0) is 16.3. The number of hydrogen-bond acceptors (Lipinski definition) is 6. The minimum atomic E-state index is -3.20. The van der Waals surface area contributed by atoms with Gasteiger partial charge in [0.15, 0.2) is 0 Å². The van der Waals surface area contributed by atoms with Crippen LogP contribution in [-0.4, -0.2) is 51.1 Å². The van der Waals surface area contributed by atoms with Crippen molar-refractivity contribution in [2.24, 2.45) is 5.92 Å². The van der Waals surface area contributed by atoms with E-state index < -0.39 is 16.0 Å². The number of hydrogen-bond donors (Lipinski definition) is 1. The summed E-state index contributed by atoms with van der Waals surface area (Å²) in [7, 11) is -1.92. The van der Waals surface area contributed by atoms with Crippen LogP contribution in [0.25, 0.3) is 0 Å². The molecule has 2 rings (SSSR count). The van der Waals surface area contributed by atoms with E-state index >= 15 is 0 Å². The first-order chi connectivity index (χ1) is 10.3. The maximum Gasteiger partial charge on any atom is 0.340 e. The molecule has 1 aromatic rings. The first kappa shape index (κ1) is 16.9. The summed E-state index contributed by atoms with van der Waals surface area (Å²) < 4.78 is 28.9. The summed E-state index contributed by atoms with van der Waals surface area (Å²) in [5.41, 5.74) is 0.328. The average molecular weight is 346 g/mol. The van der Waals surface area contributed by atoms with Crippen LogP contribution in [0.4, 0.5) is 5.00 Å². The molecule has 1 N–H and O–H groups in total. The van der Waals surface area contributed by atoms with E-state index in [-0.39, 0.29) is 11.8 Å². The Morgan fingerprint density at radius 2 is 2.00 bits per heavy atom. The van der Waals surface area contributed by atoms with Crippen molar-refractivity contribution in [3.63, 3.8) is 0 Å². The number of piperidine rings is 1. The van der Waals surface area contributed by atoms with Gasteiger partial charge in [0.05, 0.1) is 18.9 Å². The Morgan fingerprint density at radius 3 is 2.55 bits per heavy atom. The molecule has 0 saturated carbocycles. The van der Waals surface area contributed by atoms with E-state index in [1.54, 1.807) is 11.4 Å². The molecule has 2 heterocycles. The van der Waals surface area contributed by atoms with Crippen molar-refractivity contribution >= 4 is 38.2 Å². The predicted octanol–water partition coefficient (Wildman–Crippen LogP) is 1.14. The maximum atomic E-state index is 12.3. The summed E-state index contributed by atoms with van der Waals surface area (Å²) in [5.74, 6) is -0.949. The second-order valence-electron chi connectivity index (χ2n) is 5.08. The summed E-state index contributed by atoms with van der Waals surface area (Å²) >= 11 is 1.25. The molecular formula is C13H18N2O5S2. The van der Waals surface area contributed by atoms with Crippen LogP contribution in [-0.2, 0) is 19.6 Å². The Hall–Kier alpha value is -1.45. The van der Waals surface area contributed by atoms with Crippen molar-refractivity contribution in [1.29, 1.82) is 0 Å². The first-order valence-corrected chi connectivity index (χ1v) is 9.47. The lowest BCUT2D eigenvalue weighted by molar-refractivity contribution is -0.120. The monoisotopic (exact) mass is 346 g/mol. The van der Waals surface area contributed by atoms with E-state index in [1.807, 2.05) is 0 Å². The Morgan fingerprint density at radius 1 is 1.36 bits per heavy atom. The molecule has 0 aromatic carbocycles. The number of carbonyl (C=O) groups is 2. The fraction of sp³-hybridized carbons (Fsp3) is 0.538. The van der Waals surface area contributed by atoms with E-state index in [9.17, 15) is 18.0 Å². The molecule has 7 nitrogen and oxygen atoms in total. The number of esters is 1. The molecule has 0 spiro atoms. The highest BCUT2D eigenvalue weighted by Gasteiger charge is 2.29. The van der Waals surface area contributed by atoms with Crippen LogP contribution in [0.15, 0.2) is 11.4 Å². The van der Waals surface area contributed by atoms with E-state index in [0.717, 1.165) is 0 Å². The average Bonchev–Trinajstić information content (AvgIpc) is 2.93. The number of methoxy groups -OCH3 is 1. The predicted molar refractivity (Wildman–Crippen MR) is 83.4 cm³/mol. The highest BCUT2D eigenvalue weighted by molar-refractivity contribution is 7.88. The lowest BCUT2D eigenvalue weighted by Crippen LogP contribution is -2.40. The Kier molecular flexibility index (Phi) is 5.20. The number of nitrogens with one attached hydrogen (secondary N) is 1. The molecule has 1 aromatic heterocycles. The molecule has 1 amide bonds. The van der Waals surface area contributed by atoms with Crippen LogP contribution in [0.5, 0.6) is 0 Å². The van der Waals surface area contributed by atoms with Crippen molar-refractivity contribution in [3.8, 4) is 0 Å². The minimum absolute atomic E-state index is 0.194. The van der Waals surface area contributed by atoms with Gasteiger partial charge in [-0.1, -0.05) is 0 Å². The zero-order valence-corrected chi connectivity index (χ0v) is 14.0. The van der Waals surface area contributed by atoms with Gasteiger partial charge in [0, 0.05) is 19.0 Å². The van der Waals surface area contributed by atoms with Crippen molar-refractivity contribution < 1.29 is 22.7 Å². The van der Waals surface area contributed by atoms with Gasteiger partial charge >= 0.3 is 5.97 Å². The van der Waals surface area contributed by atoms with Gasteiger partial charge in [0.1, 0.15) is 5.00 Å². The van der Waals surface area contributed by atoms with Crippen LogP contribution in [0.3, 0.4) is 0 Å². The third kappa shape index (κ3) is 3.84. The molecule has 0 aliphatic carbocycles. The van der Waals surface area contributed by atoms with Crippen molar-refractivity contribution in [1.82, 2.24) is 4.31 Å². The normalized spacial score (nSPS) is 17.2. The van der Waals surface area contributed by atoms with Crippen molar-refractivity contribution in [3.05, 3.63) is 17.0 Å². The summed E-state index contributed by atoms with van der Waals surface area (Å²) in [6.07, 6.45) is 2.11. The van der Waals surface area contributed by atoms with Crippen LogP contribution in [0.2, 0.25) is 0 Å². The molecule has 1 fully saturated rings. The number of carbonyl (C=O) groups excluding carboxylic acids is 2. The second-order valence-corrected chi connectivity index (χ2v) is 7.98. The molecule has 122 valence electrons. The number of sulfonamides is 1. The van der Waals surface area contributed by atoms with Gasteiger partial charge in [-0.25, -0.2) is 17.5 Å². The SMILES string of the molecule is COC(=O)c1ccsc1NC(=O)C1CCN(S(C)(=O)=O)CC1. The quantitative estimate of drug-likeness (QED) is 0.826. The molecule has 1 aliphatic rings. The number of thiophene rings is 1. The van der Waals surface area contributed by atoms with E-state index in [2.05, 4.69) is 10.1 Å². The lowest BCUT2D eigenvalue weighted by Gasteiger charge is -2.29. The first-order valence-electron chi connectivity index (χ1n) is 6.74. The summed E-state index contributed by atoms with van der Waals surface area (Å²) in [4.78, 5) is 23.8. The smallest absolute Gasteiger partial charge is 0.340 e. The number of anilines is 1. The molecule has 0 atom stereocenters. The van der Waals surface area contributed by atoms with Gasteiger partial charge in [-0.2, -0.15) is 0 Å². The van der Waals surface area contributed by atoms with Crippen LogP contribution in [0.1, 0.15) is 23.2 Å². The Balaban J connectivity index is 1.97.